The van der Waals surface area contributed by atoms with Crippen LogP contribution in [0.25, 0.3) is 6.08 Å². The summed E-state index contributed by atoms with van der Waals surface area (Å²) in [7, 11) is 0. The monoisotopic (exact) mass is 340 g/mol. The summed E-state index contributed by atoms with van der Waals surface area (Å²) in [6.07, 6.45) is 5.85. The van der Waals surface area contributed by atoms with E-state index in [-0.39, 0.29) is 0 Å². The fraction of sp³-hybridized carbons (Fsp3) is 0.353. The molecule has 24 heavy (non-hydrogen) atoms. The van der Waals surface area contributed by atoms with Gasteiger partial charge in [0, 0.05) is 55.9 Å². The number of thioether (sulfide) groups is 1. The first-order valence-corrected chi connectivity index (χ1v) is 9.15. The zero-order chi connectivity index (χ0) is 16.2. The van der Waals surface area contributed by atoms with Crippen molar-refractivity contribution in [1.29, 1.82) is 0 Å². The molecule has 2 aromatic heterocycles. The van der Waals surface area contributed by atoms with Gasteiger partial charge in [0.05, 0.1) is 5.69 Å². The highest BCUT2D eigenvalue weighted by atomic mass is 32.2. The summed E-state index contributed by atoms with van der Waals surface area (Å²) >= 11 is 1.84. The van der Waals surface area contributed by atoms with Crippen LogP contribution in [-0.2, 0) is 0 Å². The minimum atomic E-state index is 0.820. The van der Waals surface area contributed by atoms with Crippen LogP contribution in [0.5, 0.6) is 0 Å². The molecule has 2 aromatic rings. The molecule has 0 bridgehead atoms. The molecular formula is C17H20N6S. The van der Waals surface area contributed by atoms with Gasteiger partial charge in [-0.25, -0.2) is 15.0 Å². The Kier molecular flexibility index (Phi) is 4.62. The molecule has 0 radical (unpaired) electrons. The van der Waals surface area contributed by atoms with E-state index in [0.29, 0.717) is 0 Å². The van der Waals surface area contributed by atoms with Crippen molar-refractivity contribution < 1.29 is 0 Å². The normalized spacial score (nSPS) is 19.9. The molecule has 0 amide bonds. The van der Waals surface area contributed by atoms with Gasteiger partial charge in [0.25, 0.3) is 0 Å². The van der Waals surface area contributed by atoms with Gasteiger partial charge in [-0.05, 0) is 24.3 Å². The molecule has 7 heteroatoms. The van der Waals surface area contributed by atoms with Crippen molar-refractivity contribution in [3.05, 3.63) is 47.3 Å². The molecule has 0 saturated carbocycles. The summed E-state index contributed by atoms with van der Waals surface area (Å²) in [5.41, 5.74) is 0.985. The fourth-order valence-electron chi connectivity index (χ4n) is 2.90. The number of hydrogen-bond acceptors (Lipinski definition) is 7. The maximum absolute atomic E-state index is 4.72. The molecule has 0 spiro atoms. The van der Waals surface area contributed by atoms with Gasteiger partial charge in [0.1, 0.15) is 5.82 Å². The van der Waals surface area contributed by atoms with Crippen molar-refractivity contribution in [2.75, 3.05) is 48.4 Å². The first-order chi connectivity index (χ1) is 11.9. The molecule has 124 valence electrons. The van der Waals surface area contributed by atoms with Gasteiger partial charge in [-0.3, -0.25) is 0 Å². The van der Waals surface area contributed by atoms with Crippen LogP contribution in [0.4, 0.5) is 11.8 Å². The molecule has 6 nitrogen and oxygen atoms in total. The first kappa shape index (κ1) is 15.4. The van der Waals surface area contributed by atoms with E-state index in [4.69, 9.17) is 4.98 Å². The quantitative estimate of drug-likeness (QED) is 0.915. The summed E-state index contributed by atoms with van der Waals surface area (Å²) in [5, 5.41) is 3.32. The molecule has 1 N–H and O–H groups in total. The summed E-state index contributed by atoms with van der Waals surface area (Å²) in [4.78, 5) is 19.5. The molecule has 4 rings (SSSR count). The lowest BCUT2D eigenvalue weighted by atomic mass is 10.3. The highest BCUT2D eigenvalue weighted by molar-refractivity contribution is 8.03. The van der Waals surface area contributed by atoms with Crippen LogP contribution < -0.4 is 15.1 Å². The third kappa shape index (κ3) is 3.52. The SMILES string of the molecule is C(=C1CNCS1)c1ccnc(N2CCN(c3ccccn3)CC2)n1. The number of rotatable bonds is 3. The molecule has 0 aromatic carbocycles. The summed E-state index contributed by atoms with van der Waals surface area (Å²) in [6, 6.07) is 8.02. The highest BCUT2D eigenvalue weighted by Gasteiger charge is 2.20. The van der Waals surface area contributed by atoms with E-state index in [0.717, 1.165) is 56.1 Å². The molecule has 4 heterocycles. The number of aromatic nitrogens is 3. The molecule has 0 unspecified atom stereocenters. The van der Waals surface area contributed by atoms with Gasteiger partial charge in [-0.2, -0.15) is 0 Å². The fourth-order valence-corrected chi connectivity index (χ4v) is 3.70. The third-order valence-electron chi connectivity index (χ3n) is 4.17. The van der Waals surface area contributed by atoms with Crippen molar-refractivity contribution in [3.8, 4) is 0 Å². The van der Waals surface area contributed by atoms with Crippen LogP contribution in [0.3, 0.4) is 0 Å². The van der Waals surface area contributed by atoms with Crippen molar-refractivity contribution in [3.63, 3.8) is 0 Å². The molecule has 2 aliphatic heterocycles. The Morgan fingerprint density at radius 2 is 1.88 bits per heavy atom. The Morgan fingerprint density at radius 1 is 1.00 bits per heavy atom. The van der Waals surface area contributed by atoms with Gasteiger partial charge >= 0.3 is 0 Å². The Bertz CT molecular complexity index is 704. The summed E-state index contributed by atoms with van der Waals surface area (Å²) < 4.78 is 0. The van der Waals surface area contributed by atoms with Crippen LogP contribution in [-0.4, -0.2) is 53.6 Å². The molecule has 2 fully saturated rings. The number of pyridine rings is 1. The number of hydrogen-bond donors (Lipinski definition) is 1. The largest absolute Gasteiger partial charge is 0.353 e. The second-order valence-corrected chi connectivity index (χ2v) is 6.87. The number of piperazine rings is 1. The van der Waals surface area contributed by atoms with Crippen LogP contribution in [0.1, 0.15) is 5.69 Å². The lowest BCUT2D eigenvalue weighted by molar-refractivity contribution is 0.634. The van der Waals surface area contributed by atoms with Crippen LogP contribution >= 0.6 is 11.8 Å². The topological polar surface area (TPSA) is 57.2 Å². The maximum atomic E-state index is 4.72. The van der Waals surface area contributed by atoms with E-state index in [1.165, 1.54) is 4.91 Å². The van der Waals surface area contributed by atoms with E-state index in [2.05, 4.69) is 37.2 Å². The van der Waals surface area contributed by atoms with Crippen molar-refractivity contribution in [2.24, 2.45) is 0 Å². The third-order valence-corrected chi connectivity index (χ3v) is 5.15. The predicted molar refractivity (Wildman–Crippen MR) is 99.1 cm³/mol. The summed E-state index contributed by atoms with van der Waals surface area (Å²) in [5.74, 6) is 2.85. The Balaban J connectivity index is 1.43. The Labute approximate surface area is 146 Å². The molecular weight excluding hydrogens is 320 g/mol. The number of anilines is 2. The van der Waals surface area contributed by atoms with E-state index in [1.54, 1.807) is 0 Å². The molecule has 2 saturated heterocycles. The lowest BCUT2D eigenvalue weighted by Gasteiger charge is -2.35. The van der Waals surface area contributed by atoms with Gasteiger partial charge < -0.3 is 15.1 Å². The first-order valence-electron chi connectivity index (χ1n) is 8.16. The second kappa shape index (κ2) is 7.19. The van der Waals surface area contributed by atoms with E-state index in [1.807, 2.05) is 42.4 Å². The Hall–Kier alpha value is -2.12. The molecule has 0 atom stereocenters. The second-order valence-electron chi connectivity index (χ2n) is 5.77. The smallest absolute Gasteiger partial charge is 0.225 e. The van der Waals surface area contributed by atoms with Gasteiger partial charge in [0.15, 0.2) is 0 Å². The van der Waals surface area contributed by atoms with Crippen LogP contribution in [0.2, 0.25) is 0 Å². The number of nitrogens with one attached hydrogen (secondary N) is 1. The zero-order valence-electron chi connectivity index (χ0n) is 13.4. The van der Waals surface area contributed by atoms with Gasteiger partial charge in [0.2, 0.25) is 5.95 Å². The van der Waals surface area contributed by atoms with Gasteiger partial charge in [-0.1, -0.05) is 6.07 Å². The van der Waals surface area contributed by atoms with E-state index in [9.17, 15) is 0 Å². The van der Waals surface area contributed by atoms with E-state index < -0.39 is 0 Å². The zero-order valence-corrected chi connectivity index (χ0v) is 14.2. The molecule has 2 aliphatic rings. The summed E-state index contributed by atoms with van der Waals surface area (Å²) in [6.45, 7) is 4.63. The minimum absolute atomic E-state index is 0.820. The lowest BCUT2D eigenvalue weighted by Crippen LogP contribution is -2.47. The number of nitrogens with zero attached hydrogens (tertiary/aromatic N) is 5. The van der Waals surface area contributed by atoms with E-state index >= 15 is 0 Å². The highest BCUT2D eigenvalue weighted by Crippen LogP contribution is 2.22. The van der Waals surface area contributed by atoms with Crippen molar-refractivity contribution in [2.45, 2.75) is 0 Å². The van der Waals surface area contributed by atoms with Crippen LogP contribution in [0.15, 0.2) is 41.6 Å². The molecule has 0 aliphatic carbocycles. The maximum Gasteiger partial charge on any atom is 0.225 e. The standard InChI is InChI=1S/C17H20N6S/c1-2-5-19-16(3-1)22-7-9-23(10-8-22)17-20-6-4-14(21-17)11-15-12-18-13-24-15/h1-6,11,18H,7-10,12-13H2. The predicted octanol–water partition coefficient (Wildman–Crippen LogP) is 1.83. The van der Waals surface area contributed by atoms with Crippen molar-refractivity contribution in [1.82, 2.24) is 20.3 Å². The van der Waals surface area contributed by atoms with Crippen LogP contribution in [0, 0.1) is 0 Å². The van der Waals surface area contributed by atoms with Crippen molar-refractivity contribution >= 4 is 29.6 Å². The van der Waals surface area contributed by atoms with Gasteiger partial charge in [-0.15, -0.1) is 11.8 Å². The minimum Gasteiger partial charge on any atom is -0.353 e. The Morgan fingerprint density at radius 3 is 2.62 bits per heavy atom. The average Bonchev–Trinajstić information content (AvgIpc) is 3.16. The average molecular weight is 340 g/mol.